The first kappa shape index (κ1) is 12.9. The largest absolute Gasteiger partial charge is 0.481 e. The van der Waals surface area contributed by atoms with Crippen LogP contribution in [-0.4, -0.2) is 46.7 Å². The maximum Gasteiger partial charge on any atom is 0.308 e. The van der Waals surface area contributed by atoms with Gasteiger partial charge in [0.25, 0.3) is 0 Å². The van der Waals surface area contributed by atoms with Crippen molar-refractivity contribution in [2.24, 2.45) is 11.8 Å². The van der Waals surface area contributed by atoms with E-state index in [0.29, 0.717) is 13.0 Å². The van der Waals surface area contributed by atoms with E-state index in [1.165, 1.54) is 0 Å². The lowest BCUT2D eigenvalue weighted by atomic mass is 9.89. The summed E-state index contributed by atoms with van der Waals surface area (Å²) in [4.78, 5) is 25.8. The van der Waals surface area contributed by atoms with E-state index < -0.39 is 5.97 Å². The van der Waals surface area contributed by atoms with Crippen LogP contribution in [0.15, 0.2) is 0 Å². The molecule has 1 amide bonds. The zero-order valence-electron chi connectivity index (χ0n) is 11.2. The van der Waals surface area contributed by atoms with Crippen molar-refractivity contribution < 1.29 is 19.4 Å². The smallest absolute Gasteiger partial charge is 0.308 e. The van der Waals surface area contributed by atoms with E-state index in [1.54, 1.807) is 0 Å². The Bertz CT molecular complexity index is 397. The third kappa shape index (κ3) is 1.95. The van der Waals surface area contributed by atoms with Gasteiger partial charge in [0, 0.05) is 18.7 Å². The van der Waals surface area contributed by atoms with Gasteiger partial charge in [0.2, 0.25) is 5.91 Å². The van der Waals surface area contributed by atoms with Crippen LogP contribution in [-0.2, 0) is 14.3 Å². The summed E-state index contributed by atoms with van der Waals surface area (Å²) in [5.74, 6) is -1.02. The van der Waals surface area contributed by atoms with Gasteiger partial charge in [0.15, 0.2) is 0 Å². The molecule has 1 N–H and O–H groups in total. The molecule has 2 bridgehead atoms. The van der Waals surface area contributed by atoms with Gasteiger partial charge in [-0.05, 0) is 32.1 Å². The minimum Gasteiger partial charge on any atom is -0.481 e. The molecule has 3 rings (SSSR count). The number of carboxylic acid groups (broad SMARTS) is 1. The summed E-state index contributed by atoms with van der Waals surface area (Å²) in [6.45, 7) is 2.69. The molecule has 0 aromatic carbocycles. The molecule has 106 valence electrons. The van der Waals surface area contributed by atoms with Gasteiger partial charge >= 0.3 is 5.97 Å². The summed E-state index contributed by atoms with van der Waals surface area (Å²) in [6, 6.07) is 0.0739. The molecule has 0 aromatic heterocycles. The van der Waals surface area contributed by atoms with Gasteiger partial charge in [0.1, 0.15) is 0 Å². The van der Waals surface area contributed by atoms with Crippen molar-refractivity contribution in [2.45, 2.75) is 57.2 Å². The van der Waals surface area contributed by atoms with E-state index in [1.807, 2.05) is 11.8 Å². The SMILES string of the molecule is CCC1OCCC1C(=O)N1C2CCC1C(C(=O)O)C2. The van der Waals surface area contributed by atoms with E-state index in [-0.39, 0.29) is 35.9 Å². The molecule has 0 saturated carbocycles. The van der Waals surface area contributed by atoms with Gasteiger partial charge in [-0.1, -0.05) is 6.92 Å². The molecule has 0 aliphatic carbocycles. The zero-order valence-corrected chi connectivity index (χ0v) is 11.2. The quantitative estimate of drug-likeness (QED) is 0.836. The van der Waals surface area contributed by atoms with E-state index in [2.05, 4.69) is 0 Å². The van der Waals surface area contributed by atoms with Crippen molar-refractivity contribution in [3.8, 4) is 0 Å². The van der Waals surface area contributed by atoms with Crippen LogP contribution in [0, 0.1) is 11.8 Å². The summed E-state index contributed by atoms with van der Waals surface area (Å²) in [6.07, 6.45) is 4.10. The lowest BCUT2D eigenvalue weighted by Gasteiger charge is -2.28. The first-order valence-electron chi connectivity index (χ1n) is 7.30. The molecule has 3 aliphatic rings. The molecule has 0 aromatic rings. The first-order valence-corrected chi connectivity index (χ1v) is 7.30. The number of fused-ring (bicyclic) bond motifs is 2. The second-order valence-electron chi connectivity index (χ2n) is 5.94. The molecule has 5 unspecified atom stereocenters. The second kappa shape index (κ2) is 4.78. The number of rotatable bonds is 3. The zero-order chi connectivity index (χ0) is 13.6. The van der Waals surface area contributed by atoms with Crippen LogP contribution in [0.25, 0.3) is 0 Å². The van der Waals surface area contributed by atoms with Gasteiger partial charge in [-0.15, -0.1) is 0 Å². The average Bonchev–Trinajstić information content (AvgIpc) is 3.11. The van der Waals surface area contributed by atoms with E-state index in [9.17, 15) is 14.7 Å². The van der Waals surface area contributed by atoms with Crippen molar-refractivity contribution in [2.75, 3.05) is 6.61 Å². The number of hydrogen-bond donors (Lipinski definition) is 1. The number of nitrogens with zero attached hydrogens (tertiary/aromatic N) is 1. The normalized spacial score (nSPS) is 40.9. The predicted molar refractivity (Wildman–Crippen MR) is 67.5 cm³/mol. The molecule has 19 heavy (non-hydrogen) atoms. The Hall–Kier alpha value is -1.10. The predicted octanol–water partition coefficient (Wildman–Crippen LogP) is 1.27. The lowest BCUT2D eigenvalue weighted by Crippen LogP contribution is -2.43. The number of aliphatic carboxylic acids is 1. The molecule has 3 fully saturated rings. The molecule has 3 saturated heterocycles. The number of carbonyl (C=O) groups excluding carboxylic acids is 1. The Morgan fingerprint density at radius 1 is 1.26 bits per heavy atom. The molecular weight excluding hydrogens is 246 g/mol. The average molecular weight is 267 g/mol. The number of carboxylic acids is 1. The maximum atomic E-state index is 12.7. The minimum atomic E-state index is -0.750. The standard InChI is InChI=1S/C14H21NO4/c1-2-12-9(5-6-19-12)13(16)15-8-3-4-11(15)10(7-8)14(17)18/h8-12H,2-7H2,1H3,(H,17,18). The summed E-state index contributed by atoms with van der Waals surface area (Å²) < 4.78 is 5.60. The van der Waals surface area contributed by atoms with E-state index in [4.69, 9.17) is 4.74 Å². The topological polar surface area (TPSA) is 66.8 Å². The third-order valence-corrected chi connectivity index (χ3v) is 5.04. The number of carbonyl (C=O) groups is 2. The fraction of sp³-hybridized carbons (Fsp3) is 0.857. The molecule has 5 atom stereocenters. The Morgan fingerprint density at radius 3 is 2.68 bits per heavy atom. The Labute approximate surface area is 112 Å². The first-order chi connectivity index (χ1) is 9.13. The highest BCUT2D eigenvalue weighted by atomic mass is 16.5. The second-order valence-corrected chi connectivity index (χ2v) is 5.94. The summed E-state index contributed by atoms with van der Waals surface area (Å²) in [7, 11) is 0. The van der Waals surface area contributed by atoms with Crippen LogP contribution in [0.2, 0.25) is 0 Å². The van der Waals surface area contributed by atoms with E-state index in [0.717, 1.165) is 25.7 Å². The van der Waals surface area contributed by atoms with Gasteiger partial charge in [-0.3, -0.25) is 9.59 Å². The van der Waals surface area contributed by atoms with Gasteiger partial charge in [-0.2, -0.15) is 0 Å². The highest BCUT2D eigenvalue weighted by Gasteiger charge is 2.53. The number of amides is 1. The number of hydrogen-bond acceptors (Lipinski definition) is 3. The third-order valence-electron chi connectivity index (χ3n) is 5.04. The summed E-state index contributed by atoms with van der Waals surface area (Å²) in [5.41, 5.74) is 0. The van der Waals surface area contributed by atoms with Crippen molar-refractivity contribution in [1.29, 1.82) is 0 Å². The Balaban J connectivity index is 1.76. The highest BCUT2D eigenvalue weighted by Crippen LogP contribution is 2.43. The molecular formula is C14H21NO4. The maximum absolute atomic E-state index is 12.7. The molecule has 5 nitrogen and oxygen atoms in total. The monoisotopic (exact) mass is 267 g/mol. The molecule has 5 heteroatoms. The lowest BCUT2D eigenvalue weighted by molar-refractivity contribution is -0.144. The minimum absolute atomic E-state index is 0.0239. The molecule has 3 aliphatic heterocycles. The molecule has 0 radical (unpaired) electrons. The van der Waals surface area contributed by atoms with Gasteiger partial charge in [-0.25, -0.2) is 0 Å². The molecule has 3 heterocycles. The van der Waals surface area contributed by atoms with Gasteiger partial charge < -0.3 is 14.7 Å². The van der Waals surface area contributed by atoms with Crippen LogP contribution in [0.5, 0.6) is 0 Å². The highest BCUT2D eigenvalue weighted by molar-refractivity contribution is 5.83. The van der Waals surface area contributed by atoms with Crippen LogP contribution in [0.3, 0.4) is 0 Å². The van der Waals surface area contributed by atoms with E-state index >= 15 is 0 Å². The fourth-order valence-electron chi connectivity index (χ4n) is 4.12. The van der Waals surface area contributed by atoms with Crippen molar-refractivity contribution in [3.63, 3.8) is 0 Å². The van der Waals surface area contributed by atoms with Crippen LogP contribution < -0.4 is 0 Å². The number of ether oxygens (including phenoxy) is 1. The Kier molecular flexibility index (Phi) is 3.25. The van der Waals surface area contributed by atoms with Crippen LogP contribution >= 0.6 is 0 Å². The van der Waals surface area contributed by atoms with Crippen molar-refractivity contribution in [3.05, 3.63) is 0 Å². The Morgan fingerprint density at radius 2 is 2.05 bits per heavy atom. The fourth-order valence-corrected chi connectivity index (χ4v) is 4.12. The van der Waals surface area contributed by atoms with Crippen molar-refractivity contribution in [1.82, 2.24) is 4.90 Å². The van der Waals surface area contributed by atoms with Gasteiger partial charge in [0.05, 0.1) is 17.9 Å². The van der Waals surface area contributed by atoms with Crippen LogP contribution in [0.4, 0.5) is 0 Å². The summed E-state index contributed by atoms with van der Waals surface area (Å²) >= 11 is 0. The molecule has 0 spiro atoms. The van der Waals surface area contributed by atoms with Crippen molar-refractivity contribution >= 4 is 11.9 Å². The summed E-state index contributed by atoms with van der Waals surface area (Å²) in [5, 5.41) is 9.24. The van der Waals surface area contributed by atoms with Crippen LogP contribution in [0.1, 0.15) is 39.0 Å².